The van der Waals surface area contributed by atoms with E-state index >= 15 is 0 Å². The molecule has 0 saturated carbocycles. The smallest absolute Gasteiger partial charge is 0.115 e. The molecule has 0 radical (unpaired) electrons. The predicted octanol–water partition coefficient (Wildman–Crippen LogP) is 1.54. The summed E-state index contributed by atoms with van der Waals surface area (Å²) in [5.41, 5.74) is 0. The molecule has 0 aliphatic rings. The number of hydrogen-bond acceptors (Lipinski definition) is 1. The van der Waals surface area contributed by atoms with Crippen LogP contribution in [0, 0.1) is 5.92 Å². The van der Waals surface area contributed by atoms with Crippen molar-refractivity contribution in [3.05, 3.63) is 0 Å². The van der Waals surface area contributed by atoms with Gasteiger partial charge in [0.25, 0.3) is 0 Å². The third kappa shape index (κ3) is 4.40. The van der Waals surface area contributed by atoms with Gasteiger partial charge in [0.2, 0.25) is 0 Å². The summed E-state index contributed by atoms with van der Waals surface area (Å²) in [6.07, 6.45) is -0.681. The second-order valence-corrected chi connectivity index (χ2v) is 3.02. The van der Waals surface area contributed by atoms with Crippen molar-refractivity contribution in [2.75, 3.05) is 20.6 Å². The Bertz CT molecular complexity index is 71.3. The van der Waals surface area contributed by atoms with E-state index in [0.29, 0.717) is 6.54 Å². The predicted molar refractivity (Wildman–Crippen MR) is 38.3 cm³/mol. The van der Waals surface area contributed by atoms with Gasteiger partial charge in [-0.15, -0.1) is 0 Å². The molecular weight excluding hydrogens is 117 g/mol. The highest BCUT2D eigenvalue weighted by Crippen LogP contribution is 2.05. The number of hydrogen-bond donors (Lipinski definition) is 0. The molecule has 0 spiro atoms. The van der Waals surface area contributed by atoms with Crippen molar-refractivity contribution in [2.45, 2.75) is 20.0 Å². The van der Waals surface area contributed by atoms with Crippen LogP contribution >= 0.6 is 0 Å². The normalized spacial score (nSPS) is 15.0. The van der Waals surface area contributed by atoms with Gasteiger partial charge in [0, 0.05) is 6.54 Å². The van der Waals surface area contributed by atoms with E-state index < -0.39 is 6.17 Å². The molecule has 0 aromatic heterocycles. The first-order valence-corrected chi connectivity index (χ1v) is 3.33. The maximum Gasteiger partial charge on any atom is 0.115 e. The minimum Gasteiger partial charge on any atom is -0.307 e. The molecular formula is C7H16FN. The molecule has 9 heavy (non-hydrogen) atoms. The fourth-order valence-corrected chi connectivity index (χ4v) is 0.560. The summed E-state index contributed by atoms with van der Waals surface area (Å²) in [6, 6.07) is 0. The van der Waals surface area contributed by atoms with E-state index in [1.54, 1.807) is 0 Å². The summed E-state index contributed by atoms with van der Waals surface area (Å²) >= 11 is 0. The topological polar surface area (TPSA) is 3.24 Å². The molecule has 0 unspecified atom stereocenters. The van der Waals surface area contributed by atoms with E-state index in [9.17, 15) is 4.39 Å². The summed E-state index contributed by atoms with van der Waals surface area (Å²) < 4.78 is 12.7. The molecule has 1 nitrogen and oxygen atoms in total. The van der Waals surface area contributed by atoms with Crippen molar-refractivity contribution in [2.24, 2.45) is 5.92 Å². The highest BCUT2D eigenvalue weighted by atomic mass is 19.1. The van der Waals surface area contributed by atoms with Gasteiger partial charge in [0.1, 0.15) is 6.17 Å². The number of halogens is 1. The highest BCUT2D eigenvalue weighted by molar-refractivity contribution is 4.62. The highest BCUT2D eigenvalue weighted by Gasteiger charge is 2.11. The van der Waals surface area contributed by atoms with E-state index in [0.717, 1.165) is 0 Å². The first-order chi connectivity index (χ1) is 4.04. The van der Waals surface area contributed by atoms with Crippen molar-refractivity contribution in [1.29, 1.82) is 0 Å². The van der Waals surface area contributed by atoms with Crippen LogP contribution in [-0.2, 0) is 0 Å². The van der Waals surface area contributed by atoms with Gasteiger partial charge in [-0.1, -0.05) is 13.8 Å². The summed E-state index contributed by atoms with van der Waals surface area (Å²) in [7, 11) is 3.77. The van der Waals surface area contributed by atoms with Crippen molar-refractivity contribution in [1.82, 2.24) is 4.90 Å². The molecule has 0 heterocycles. The zero-order valence-corrected chi connectivity index (χ0v) is 6.69. The Morgan fingerprint density at radius 3 is 1.89 bits per heavy atom. The molecule has 0 amide bonds. The van der Waals surface area contributed by atoms with Gasteiger partial charge in [0.05, 0.1) is 0 Å². The Labute approximate surface area is 56.9 Å². The van der Waals surface area contributed by atoms with E-state index in [1.807, 2.05) is 32.8 Å². The van der Waals surface area contributed by atoms with Gasteiger partial charge in [-0.25, -0.2) is 4.39 Å². The van der Waals surface area contributed by atoms with Crippen molar-refractivity contribution < 1.29 is 4.39 Å². The van der Waals surface area contributed by atoms with Crippen LogP contribution in [0.4, 0.5) is 4.39 Å². The lowest BCUT2D eigenvalue weighted by Crippen LogP contribution is -2.26. The Hall–Kier alpha value is -0.110. The zero-order valence-electron chi connectivity index (χ0n) is 6.69. The fraction of sp³-hybridized carbons (Fsp3) is 1.00. The molecule has 0 fully saturated rings. The van der Waals surface area contributed by atoms with Crippen LogP contribution < -0.4 is 0 Å². The SMILES string of the molecule is CC(C)[C@H](F)CN(C)C. The van der Waals surface area contributed by atoms with Gasteiger partial charge >= 0.3 is 0 Å². The molecule has 0 aliphatic carbocycles. The largest absolute Gasteiger partial charge is 0.307 e. The minimum absolute atomic E-state index is 0.146. The zero-order chi connectivity index (χ0) is 7.44. The van der Waals surface area contributed by atoms with Crippen LogP contribution in [0.3, 0.4) is 0 Å². The van der Waals surface area contributed by atoms with Crippen molar-refractivity contribution in [3.63, 3.8) is 0 Å². The third-order valence-corrected chi connectivity index (χ3v) is 1.26. The average molecular weight is 133 g/mol. The van der Waals surface area contributed by atoms with Gasteiger partial charge < -0.3 is 4.90 Å². The van der Waals surface area contributed by atoms with Crippen LogP contribution in [0.15, 0.2) is 0 Å². The van der Waals surface area contributed by atoms with Crippen molar-refractivity contribution in [3.8, 4) is 0 Å². The molecule has 2 heteroatoms. The summed E-state index contributed by atoms with van der Waals surface area (Å²) in [5, 5.41) is 0. The molecule has 0 aromatic carbocycles. The monoisotopic (exact) mass is 133 g/mol. The van der Waals surface area contributed by atoms with Crippen LogP contribution in [0.25, 0.3) is 0 Å². The minimum atomic E-state index is -0.681. The first kappa shape index (κ1) is 8.89. The van der Waals surface area contributed by atoms with Crippen LogP contribution in [-0.4, -0.2) is 31.7 Å². The van der Waals surface area contributed by atoms with Gasteiger partial charge in [0.15, 0.2) is 0 Å². The van der Waals surface area contributed by atoms with Crippen LogP contribution in [0.1, 0.15) is 13.8 Å². The maximum absolute atomic E-state index is 12.7. The van der Waals surface area contributed by atoms with Crippen LogP contribution in [0.2, 0.25) is 0 Å². The lowest BCUT2D eigenvalue weighted by molar-refractivity contribution is 0.195. The Morgan fingerprint density at radius 1 is 1.33 bits per heavy atom. The van der Waals surface area contributed by atoms with E-state index in [1.165, 1.54) is 0 Å². The van der Waals surface area contributed by atoms with Crippen LogP contribution in [0.5, 0.6) is 0 Å². The molecule has 1 atom stereocenters. The quantitative estimate of drug-likeness (QED) is 0.564. The van der Waals surface area contributed by atoms with E-state index in [-0.39, 0.29) is 5.92 Å². The molecule has 0 bridgehead atoms. The van der Waals surface area contributed by atoms with E-state index in [4.69, 9.17) is 0 Å². The Balaban J connectivity index is 3.38. The second kappa shape index (κ2) is 3.83. The Kier molecular flexibility index (Phi) is 3.78. The Morgan fingerprint density at radius 2 is 1.78 bits per heavy atom. The van der Waals surface area contributed by atoms with Gasteiger partial charge in [-0.3, -0.25) is 0 Å². The van der Waals surface area contributed by atoms with E-state index in [2.05, 4.69) is 0 Å². The molecule has 0 saturated heterocycles. The molecule has 0 rings (SSSR count). The molecule has 0 N–H and O–H groups in total. The third-order valence-electron chi connectivity index (χ3n) is 1.26. The van der Waals surface area contributed by atoms with Gasteiger partial charge in [-0.05, 0) is 20.0 Å². The summed E-state index contributed by atoms with van der Waals surface area (Å²) in [5.74, 6) is 0.146. The number of rotatable bonds is 3. The fourth-order valence-electron chi connectivity index (χ4n) is 0.560. The molecule has 0 aliphatic heterocycles. The number of nitrogens with zero attached hydrogens (tertiary/aromatic N) is 1. The van der Waals surface area contributed by atoms with Crippen molar-refractivity contribution >= 4 is 0 Å². The molecule has 56 valence electrons. The standard InChI is InChI=1S/C7H16FN/c1-6(2)7(8)5-9(3)4/h6-7H,5H2,1-4H3/t7-/m1/s1. The average Bonchev–Trinajstić information content (AvgIpc) is 1.63. The van der Waals surface area contributed by atoms with Gasteiger partial charge in [-0.2, -0.15) is 0 Å². The second-order valence-electron chi connectivity index (χ2n) is 3.02. The summed E-state index contributed by atoms with van der Waals surface area (Å²) in [6.45, 7) is 4.33. The number of alkyl halides is 1. The molecule has 0 aromatic rings. The lowest BCUT2D eigenvalue weighted by atomic mass is 10.1. The first-order valence-electron chi connectivity index (χ1n) is 3.33. The summed E-state index contributed by atoms with van der Waals surface area (Å²) in [4.78, 5) is 1.87. The maximum atomic E-state index is 12.7. The lowest BCUT2D eigenvalue weighted by Gasteiger charge is -2.16.